The minimum atomic E-state index is -0.159. The molecule has 0 bridgehead atoms. The van der Waals surface area contributed by atoms with E-state index >= 15 is 0 Å². The Morgan fingerprint density at radius 3 is 2.83 bits per heavy atom. The molecule has 1 aliphatic heterocycles. The molecule has 7 heteroatoms. The van der Waals surface area contributed by atoms with Crippen molar-refractivity contribution in [2.75, 3.05) is 19.9 Å². The van der Waals surface area contributed by atoms with Crippen LogP contribution in [-0.2, 0) is 12.8 Å². The Labute approximate surface area is 174 Å². The monoisotopic (exact) mass is 405 g/mol. The van der Waals surface area contributed by atoms with Gasteiger partial charge in [-0.15, -0.1) is 0 Å². The third-order valence-corrected chi connectivity index (χ3v) is 5.42. The molecule has 1 aromatic heterocycles. The van der Waals surface area contributed by atoms with Crippen LogP contribution in [0.5, 0.6) is 17.2 Å². The molecule has 5 rings (SSSR count). The van der Waals surface area contributed by atoms with Gasteiger partial charge in [-0.25, -0.2) is 4.68 Å². The van der Waals surface area contributed by atoms with E-state index in [1.807, 2.05) is 28.9 Å². The summed E-state index contributed by atoms with van der Waals surface area (Å²) in [4.78, 5) is 12.8. The maximum Gasteiger partial charge on any atom is 0.272 e. The van der Waals surface area contributed by atoms with E-state index in [1.165, 1.54) is 5.56 Å². The Bertz CT molecular complexity index is 1090. The zero-order valence-electron chi connectivity index (χ0n) is 16.8. The van der Waals surface area contributed by atoms with Crippen molar-refractivity contribution in [3.63, 3.8) is 0 Å². The number of fused-ring (bicyclic) bond motifs is 2. The smallest absolute Gasteiger partial charge is 0.272 e. The molecule has 0 saturated heterocycles. The van der Waals surface area contributed by atoms with Gasteiger partial charge in [-0.1, -0.05) is 17.7 Å². The summed E-state index contributed by atoms with van der Waals surface area (Å²) in [7, 11) is 0. The summed E-state index contributed by atoms with van der Waals surface area (Å²) in [6.07, 6.45) is 2.88. The van der Waals surface area contributed by atoms with Crippen LogP contribution in [0.1, 0.15) is 33.7 Å². The summed E-state index contributed by atoms with van der Waals surface area (Å²) in [5.74, 6) is 1.91. The SMILES string of the molecule is Cc1ccc(-n2nc(C(=O)NCCOc3ccc4c(c3)OCO4)c3c2CCC3)cc1. The van der Waals surface area contributed by atoms with E-state index in [1.54, 1.807) is 6.07 Å². The van der Waals surface area contributed by atoms with E-state index < -0.39 is 0 Å². The average molecular weight is 405 g/mol. The molecule has 1 N–H and O–H groups in total. The standard InChI is InChI=1S/C23H23N3O4/c1-15-5-7-16(8-6-15)26-19-4-2-3-18(19)22(25-26)23(27)24-11-12-28-17-9-10-20-21(13-17)30-14-29-20/h5-10,13H,2-4,11-12,14H2,1H3,(H,24,27). The fourth-order valence-electron chi connectivity index (χ4n) is 3.90. The molecule has 3 aromatic rings. The van der Waals surface area contributed by atoms with Crippen molar-refractivity contribution in [1.29, 1.82) is 0 Å². The van der Waals surface area contributed by atoms with Gasteiger partial charge < -0.3 is 19.5 Å². The highest BCUT2D eigenvalue weighted by atomic mass is 16.7. The number of hydrogen-bond acceptors (Lipinski definition) is 5. The third-order valence-electron chi connectivity index (χ3n) is 5.42. The molecule has 154 valence electrons. The maximum absolute atomic E-state index is 12.8. The van der Waals surface area contributed by atoms with E-state index in [0.717, 1.165) is 36.2 Å². The Morgan fingerprint density at radius 2 is 1.97 bits per heavy atom. The van der Waals surface area contributed by atoms with E-state index in [0.29, 0.717) is 36.1 Å². The van der Waals surface area contributed by atoms with Gasteiger partial charge in [-0.2, -0.15) is 5.10 Å². The van der Waals surface area contributed by atoms with Gasteiger partial charge in [-0.05, 0) is 50.5 Å². The summed E-state index contributed by atoms with van der Waals surface area (Å²) in [6, 6.07) is 13.6. The van der Waals surface area contributed by atoms with Gasteiger partial charge in [0, 0.05) is 17.3 Å². The third kappa shape index (κ3) is 3.47. The molecule has 2 aromatic carbocycles. The van der Waals surface area contributed by atoms with Crippen LogP contribution in [0, 0.1) is 6.92 Å². The van der Waals surface area contributed by atoms with Crippen LogP contribution in [0.2, 0.25) is 0 Å². The second-order valence-corrected chi connectivity index (χ2v) is 7.49. The van der Waals surface area contributed by atoms with Crippen molar-refractivity contribution in [2.24, 2.45) is 0 Å². The van der Waals surface area contributed by atoms with Crippen molar-refractivity contribution in [3.8, 4) is 22.9 Å². The number of ether oxygens (including phenoxy) is 3. The fourth-order valence-corrected chi connectivity index (χ4v) is 3.90. The lowest BCUT2D eigenvalue weighted by atomic mass is 10.2. The number of rotatable bonds is 6. The maximum atomic E-state index is 12.8. The number of benzene rings is 2. The molecule has 0 spiro atoms. The number of amides is 1. The van der Waals surface area contributed by atoms with Crippen LogP contribution < -0.4 is 19.5 Å². The van der Waals surface area contributed by atoms with Crippen molar-refractivity contribution in [1.82, 2.24) is 15.1 Å². The molecule has 2 heterocycles. The number of carbonyl (C=O) groups excluding carboxylic acids is 1. The lowest BCUT2D eigenvalue weighted by Gasteiger charge is -2.08. The van der Waals surface area contributed by atoms with Gasteiger partial charge in [0.2, 0.25) is 6.79 Å². The predicted octanol–water partition coefficient (Wildman–Crippen LogP) is 3.21. The molecule has 0 fully saturated rings. The number of hydrogen-bond donors (Lipinski definition) is 1. The second-order valence-electron chi connectivity index (χ2n) is 7.49. The molecule has 30 heavy (non-hydrogen) atoms. The zero-order valence-corrected chi connectivity index (χ0v) is 16.8. The summed E-state index contributed by atoms with van der Waals surface area (Å²) < 4.78 is 18.3. The normalized spacial score (nSPS) is 13.9. The van der Waals surface area contributed by atoms with Crippen LogP contribution in [0.4, 0.5) is 0 Å². The van der Waals surface area contributed by atoms with Crippen LogP contribution >= 0.6 is 0 Å². The largest absolute Gasteiger partial charge is 0.492 e. The van der Waals surface area contributed by atoms with Gasteiger partial charge in [0.05, 0.1) is 12.2 Å². The van der Waals surface area contributed by atoms with Crippen LogP contribution in [-0.4, -0.2) is 35.6 Å². The Balaban J connectivity index is 1.23. The molecule has 1 aliphatic carbocycles. The molecule has 7 nitrogen and oxygen atoms in total. The van der Waals surface area contributed by atoms with Crippen molar-refractivity contribution < 1.29 is 19.0 Å². The Morgan fingerprint density at radius 1 is 1.13 bits per heavy atom. The molecular formula is C23H23N3O4. The molecule has 0 saturated carbocycles. The summed E-state index contributed by atoms with van der Waals surface area (Å²) >= 11 is 0. The van der Waals surface area contributed by atoms with Gasteiger partial charge in [-0.3, -0.25) is 4.79 Å². The summed E-state index contributed by atoms with van der Waals surface area (Å²) in [6.45, 7) is 3.03. The topological polar surface area (TPSA) is 74.6 Å². The summed E-state index contributed by atoms with van der Waals surface area (Å²) in [5.41, 5.74) is 4.91. The van der Waals surface area contributed by atoms with Crippen molar-refractivity contribution >= 4 is 5.91 Å². The molecule has 1 amide bonds. The van der Waals surface area contributed by atoms with Crippen molar-refractivity contribution in [3.05, 3.63) is 65.0 Å². The number of carbonyl (C=O) groups is 1. The first-order valence-corrected chi connectivity index (χ1v) is 10.2. The van der Waals surface area contributed by atoms with Gasteiger partial charge in [0.25, 0.3) is 5.91 Å². The van der Waals surface area contributed by atoms with Crippen molar-refractivity contribution in [2.45, 2.75) is 26.2 Å². The van der Waals surface area contributed by atoms with E-state index in [-0.39, 0.29) is 12.7 Å². The number of aryl methyl sites for hydroxylation is 1. The zero-order chi connectivity index (χ0) is 20.5. The molecule has 0 radical (unpaired) electrons. The highest BCUT2D eigenvalue weighted by molar-refractivity contribution is 5.94. The highest BCUT2D eigenvalue weighted by Crippen LogP contribution is 2.35. The van der Waals surface area contributed by atoms with Crippen LogP contribution in [0.3, 0.4) is 0 Å². The minimum Gasteiger partial charge on any atom is -0.492 e. The lowest BCUT2D eigenvalue weighted by molar-refractivity contribution is 0.0940. The van der Waals surface area contributed by atoms with E-state index in [2.05, 4.69) is 29.5 Å². The summed E-state index contributed by atoms with van der Waals surface area (Å²) in [5, 5.41) is 7.57. The number of nitrogens with zero attached hydrogens (tertiary/aromatic N) is 2. The first-order valence-electron chi connectivity index (χ1n) is 10.2. The van der Waals surface area contributed by atoms with Gasteiger partial charge in [0.15, 0.2) is 17.2 Å². The molecule has 2 aliphatic rings. The first-order chi connectivity index (χ1) is 14.7. The second kappa shape index (κ2) is 7.74. The van der Waals surface area contributed by atoms with Gasteiger partial charge in [0.1, 0.15) is 12.4 Å². The van der Waals surface area contributed by atoms with Crippen LogP contribution in [0.15, 0.2) is 42.5 Å². The number of aromatic nitrogens is 2. The van der Waals surface area contributed by atoms with Gasteiger partial charge >= 0.3 is 0 Å². The highest BCUT2D eigenvalue weighted by Gasteiger charge is 2.26. The fraction of sp³-hybridized carbons (Fsp3) is 0.304. The van der Waals surface area contributed by atoms with Crippen LogP contribution in [0.25, 0.3) is 5.69 Å². The quantitative estimate of drug-likeness (QED) is 0.638. The Kier molecular flexibility index (Phi) is 4.78. The molecular weight excluding hydrogens is 382 g/mol. The average Bonchev–Trinajstić information content (AvgIpc) is 3.47. The molecule has 0 unspecified atom stereocenters. The lowest BCUT2D eigenvalue weighted by Crippen LogP contribution is -2.29. The first kappa shape index (κ1) is 18.5. The Hall–Kier alpha value is -3.48. The predicted molar refractivity (Wildman–Crippen MR) is 111 cm³/mol. The van der Waals surface area contributed by atoms with E-state index in [9.17, 15) is 4.79 Å². The number of nitrogens with one attached hydrogen (secondary N) is 1. The van der Waals surface area contributed by atoms with E-state index in [4.69, 9.17) is 14.2 Å². The molecule has 0 atom stereocenters. The minimum absolute atomic E-state index is 0.159.